The average molecular weight is 518 g/mol. The number of halogens is 2. The topological polar surface area (TPSA) is 68.2 Å². The summed E-state index contributed by atoms with van der Waals surface area (Å²) in [7, 11) is -1.50. The molecule has 0 unspecified atom stereocenters. The molecule has 184 valence electrons. The normalized spacial score (nSPS) is 17.0. The van der Waals surface area contributed by atoms with E-state index in [0.717, 1.165) is 0 Å². The molecular weight excluding hydrogens is 483 g/mol. The van der Waals surface area contributed by atoms with Crippen LogP contribution in [-0.4, -0.2) is 51.0 Å². The highest BCUT2D eigenvalue weighted by molar-refractivity contribution is 7.85. The van der Waals surface area contributed by atoms with Gasteiger partial charge in [0.15, 0.2) is 0 Å². The lowest BCUT2D eigenvalue weighted by atomic mass is 9.88. The van der Waals surface area contributed by atoms with Gasteiger partial charge in [0.05, 0.1) is 20.5 Å². The number of carbonyl (C=O) groups is 1. The zero-order valence-electron chi connectivity index (χ0n) is 20.2. The quantitative estimate of drug-likeness (QED) is 0.321. The molecule has 1 aromatic carbocycles. The Labute approximate surface area is 209 Å². The van der Waals surface area contributed by atoms with Crippen LogP contribution in [0, 0.1) is 5.92 Å². The molecule has 1 amide bonds. The second-order valence-electron chi connectivity index (χ2n) is 9.94. The molecule has 1 aliphatic heterocycles. The van der Waals surface area contributed by atoms with E-state index < -0.39 is 21.3 Å². The molecule has 1 heterocycles. The predicted octanol–water partition coefficient (Wildman–Crippen LogP) is 6.46. The molecule has 0 aromatic heterocycles. The summed E-state index contributed by atoms with van der Waals surface area (Å²) in [4.78, 5) is 14.2. The summed E-state index contributed by atoms with van der Waals surface area (Å²) in [6, 6.07) is 3.36. The van der Waals surface area contributed by atoms with Gasteiger partial charge in [-0.05, 0) is 60.5 Å². The Kier molecular flexibility index (Phi) is 9.42. The molecule has 6 nitrogen and oxygen atoms in total. The Bertz CT molecular complexity index is 928. The molecule has 0 bridgehead atoms. The first-order chi connectivity index (χ1) is 15.2. The van der Waals surface area contributed by atoms with Crippen molar-refractivity contribution in [1.29, 1.82) is 0 Å². The third kappa shape index (κ3) is 8.01. The van der Waals surface area contributed by atoms with Crippen molar-refractivity contribution >= 4 is 46.0 Å². The van der Waals surface area contributed by atoms with Crippen molar-refractivity contribution in [1.82, 2.24) is 4.90 Å². The van der Waals surface area contributed by atoms with E-state index in [0.29, 0.717) is 53.0 Å². The second-order valence-corrected chi connectivity index (χ2v) is 12.7. The summed E-state index contributed by atoms with van der Waals surface area (Å²) in [5, 5.41) is 0.716. The van der Waals surface area contributed by atoms with Crippen LogP contribution in [0.15, 0.2) is 29.2 Å². The first-order valence-electron chi connectivity index (χ1n) is 10.9. The van der Waals surface area contributed by atoms with Gasteiger partial charge in [0.25, 0.3) is 0 Å². The van der Waals surface area contributed by atoms with Gasteiger partial charge >= 0.3 is 6.09 Å². The Morgan fingerprint density at radius 1 is 1.18 bits per heavy atom. The van der Waals surface area contributed by atoms with Crippen molar-refractivity contribution in [2.75, 3.05) is 19.7 Å². The van der Waals surface area contributed by atoms with Crippen LogP contribution in [0.4, 0.5) is 4.79 Å². The van der Waals surface area contributed by atoms with Gasteiger partial charge in [-0.25, -0.2) is 9.00 Å². The minimum absolute atomic E-state index is 0.0432. The number of nitrogens with zero attached hydrogens (tertiary/aromatic N) is 2. The highest BCUT2D eigenvalue weighted by atomic mass is 35.5. The van der Waals surface area contributed by atoms with Crippen molar-refractivity contribution in [3.8, 4) is 5.75 Å². The van der Waals surface area contributed by atoms with Crippen molar-refractivity contribution in [3.05, 3.63) is 40.4 Å². The van der Waals surface area contributed by atoms with E-state index in [-0.39, 0.29) is 18.6 Å². The molecule has 0 spiro atoms. The van der Waals surface area contributed by atoms with Gasteiger partial charge in [-0.1, -0.05) is 35.9 Å². The number of ether oxygens (including phenoxy) is 2. The molecule has 2 rings (SSSR count). The molecule has 0 saturated carbocycles. The summed E-state index contributed by atoms with van der Waals surface area (Å²) in [6.45, 7) is 16.1. The molecule has 9 heteroatoms. The van der Waals surface area contributed by atoms with Gasteiger partial charge in [-0.15, -0.1) is 0 Å². The SMILES string of the molecule is C=CCOc1cc(Cl)c(Cl)cc1/C(=N/[S@@](=O)C(C)(C)C)C1CCN(C(=O)OC(C)(C)C)CC1. The summed E-state index contributed by atoms with van der Waals surface area (Å²) in [6.07, 6.45) is 2.58. The first-order valence-corrected chi connectivity index (χ1v) is 12.8. The molecule has 33 heavy (non-hydrogen) atoms. The van der Waals surface area contributed by atoms with Crippen molar-refractivity contribution in [2.45, 2.75) is 64.7 Å². The molecule has 0 radical (unpaired) electrons. The maximum atomic E-state index is 13.0. The molecule has 1 aliphatic rings. The smallest absolute Gasteiger partial charge is 0.410 e. The zero-order valence-corrected chi connectivity index (χ0v) is 22.6. The lowest BCUT2D eigenvalue weighted by Gasteiger charge is -2.34. The van der Waals surface area contributed by atoms with E-state index in [2.05, 4.69) is 11.0 Å². The van der Waals surface area contributed by atoms with Gasteiger partial charge in [-0.2, -0.15) is 4.40 Å². The molecule has 0 aliphatic carbocycles. The summed E-state index contributed by atoms with van der Waals surface area (Å²) in [5.41, 5.74) is 0.742. The van der Waals surface area contributed by atoms with E-state index in [1.165, 1.54) is 0 Å². The van der Waals surface area contributed by atoms with E-state index in [1.54, 1.807) is 23.1 Å². The van der Waals surface area contributed by atoms with Crippen LogP contribution in [0.5, 0.6) is 5.75 Å². The third-order valence-electron chi connectivity index (χ3n) is 4.89. The monoisotopic (exact) mass is 516 g/mol. The van der Waals surface area contributed by atoms with Gasteiger partial charge < -0.3 is 14.4 Å². The van der Waals surface area contributed by atoms with Gasteiger partial charge in [0.1, 0.15) is 28.9 Å². The minimum atomic E-state index is -1.50. The maximum Gasteiger partial charge on any atom is 0.410 e. The standard InChI is InChI=1S/C24H34Cl2N2O4S/c1-8-13-31-20-15-19(26)18(25)14-17(20)21(27-33(30)24(5,6)7)16-9-11-28(12-10-16)22(29)32-23(2,3)4/h8,14-16H,1,9-13H2,2-7H3/b27-21+/t33-/m0/s1. The molecule has 1 fully saturated rings. The number of rotatable bonds is 6. The largest absolute Gasteiger partial charge is 0.489 e. The van der Waals surface area contributed by atoms with E-state index in [9.17, 15) is 9.00 Å². The lowest BCUT2D eigenvalue weighted by molar-refractivity contribution is 0.0202. The number of piperidine rings is 1. The van der Waals surface area contributed by atoms with E-state index in [4.69, 9.17) is 32.7 Å². The summed E-state index contributed by atoms with van der Waals surface area (Å²) >= 11 is 12.6. The zero-order chi connectivity index (χ0) is 25.0. The second kappa shape index (κ2) is 11.2. The first kappa shape index (κ1) is 27.7. The summed E-state index contributed by atoms with van der Waals surface area (Å²) in [5.74, 6) is 0.460. The fraction of sp³-hybridized carbons (Fsp3) is 0.583. The van der Waals surface area contributed by atoms with E-state index >= 15 is 0 Å². The number of amides is 1. The Morgan fingerprint density at radius 2 is 1.76 bits per heavy atom. The van der Waals surface area contributed by atoms with Crippen molar-refractivity contribution < 1.29 is 18.5 Å². The molecule has 1 atom stereocenters. The van der Waals surface area contributed by atoms with Gasteiger partial charge in [0, 0.05) is 30.6 Å². The Morgan fingerprint density at radius 3 is 2.27 bits per heavy atom. The molecule has 1 aromatic rings. The minimum Gasteiger partial charge on any atom is -0.489 e. The maximum absolute atomic E-state index is 13.0. The lowest BCUT2D eigenvalue weighted by Crippen LogP contribution is -2.43. The third-order valence-corrected chi connectivity index (χ3v) is 7.03. The highest BCUT2D eigenvalue weighted by Crippen LogP contribution is 2.35. The summed E-state index contributed by atoms with van der Waals surface area (Å²) < 4.78 is 28.5. The van der Waals surface area contributed by atoms with Crippen LogP contribution in [0.3, 0.4) is 0 Å². The number of carbonyl (C=O) groups excluding carboxylic acids is 1. The van der Waals surface area contributed by atoms with Crippen LogP contribution < -0.4 is 4.74 Å². The van der Waals surface area contributed by atoms with Crippen molar-refractivity contribution in [3.63, 3.8) is 0 Å². The van der Waals surface area contributed by atoms with Crippen LogP contribution in [0.1, 0.15) is 59.9 Å². The number of benzene rings is 1. The Balaban J connectivity index is 2.41. The van der Waals surface area contributed by atoms with Crippen LogP contribution >= 0.6 is 23.2 Å². The van der Waals surface area contributed by atoms with Gasteiger partial charge in [0.2, 0.25) is 0 Å². The van der Waals surface area contributed by atoms with Gasteiger partial charge in [-0.3, -0.25) is 0 Å². The predicted molar refractivity (Wildman–Crippen MR) is 137 cm³/mol. The number of likely N-dealkylation sites (tertiary alicyclic amines) is 1. The molecule has 0 N–H and O–H groups in total. The van der Waals surface area contributed by atoms with Crippen molar-refractivity contribution in [2.24, 2.45) is 10.3 Å². The van der Waals surface area contributed by atoms with Crippen LogP contribution in [0.25, 0.3) is 0 Å². The molecule has 1 saturated heterocycles. The van der Waals surface area contributed by atoms with Crippen LogP contribution in [-0.2, 0) is 15.7 Å². The average Bonchev–Trinajstić information content (AvgIpc) is 2.70. The highest BCUT2D eigenvalue weighted by Gasteiger charge is 2.32. The van der Waals surface area contributed by atoms with E-state index in [1.807, 2.05) is 41.5 Å². The molecular formula is C24H34Cl2N2O4S. The van der Waals surface area contributed by atoms with Crippen LogP contribution in [0.2, 0.25) is 10.0 Å². The fourth-order valence-corrected chi connectivity index (χ4v) is 4.25. The number of hydrogen-bond donors (Lipinski definition) is 0. The fourth-order valence-electron chi connectivity index (χ4n) is 3.23. The Hall–Kier alpha value is -1.57. The number of hydrogen-bond acceptors (Lipinski definition) is 4.